The molecule has 1 aromatic rings. The molecule has 0 amide bonds. The van der Waals surface area contributed by atoms with Gasteiger partial charge in [0, 0.05) is 39.0 Å². The normalized spacial score (nSPS) is 18.5. The highest BCUT2D eigenvalue weighted by Gasteiger charge is 2.27. The van der Waals surface area contributed by atoms with Crippen molar-refractivity contribution >= 4 is 21.5 Å². The van der Waals surface area contributed by atoms with Gasteiger partial charge in [0.2, 0.25) is 0 Å². The van der Waals surface area contributed by atoms with Gasteiger partial charge in [0.05, 0.1) is 5.75 Å². The average Bonchev–Trinajstić information content (AvgIpc) is 2.97. The third-order valence-corrected chi connectivity index (χ3v) is 5.02. The molecule has 1 aliphatic heterocycles. The van der Waals surface area contributed by atoms with E-state index in [0.717, 1.165) is 6.42 Å². The van der Waals surface area contributed by atoms with Crippen LogP contribution in [0, 0.1) is 11.6 Å². The molecule has 1 aliphatic rings. The summed E-state index contributed by atoms with van der Waals surface area (Å²) in [6, 6.07) is 3.85. The van der Waals surface area contributed by atoms with E-state index >= 15 is 0 Å². The monoisotopic (exact) mass is 374 g/mol. The van der Waals surface area contributed by atoms with Crippen molar-refractivity contribution in [2.45, 2.75) is 18.9 Å². The Morgan fingerprint density at radius 2 is 2.04 bits per heavy atom. The molecule has 1 atom stereocenters. The molecule has 0 aromatic heterocycles. The van der Waals surface area contributed by atoms with Crippen LogP contribution in [0.2, 0.25) is 0 Å². The molecule has 0 spiro atoms. The quantitative estimate of drug-likeness (QED) is 0.444. The minimum atomic E-state index is -2.98. The smallest absolute Gasteiger partial charge is 0.191 e. The zero-order valence-electron chi connectivity index (χ0n) is 14.4. The van der Waals surface area contributed by atoms with Gasteiger partial charge in [-0.25, -0.2) is 17.2 Å². The van der Waals surface area contributed by atoms with Crippen LogP contribution in [-0.4, -0.2) is 59.1 Å². The summed E-state index contributed by atoms with van der Waals surface area (Å²) >= 11 is 0. The van der Waals surface area contributed by atoms with Gasteiger partial charge >= 0.3 is 0 Å². The number of hydrogen-bond donors (Lipinski definition) is 2. The van der Waals surface area contributed by atoms with Crippen LogP contribution >= 0.6 is 0 Å². The Labute approximate surface area is 147 Å². The highest BCUT2D eigenvalue weighted by molar-refractivity contribution is 7.90. The first-order valence-corrected chi connectivity index (χ1v) is 10.2. The summed E-state index contributed by atoms with van der Waals surface area (Å²) in [6.45, 7) is 1.48. The summed E-state index contributed by atoms with van der Waals surface area (Å²) in [5.41, 5.74) is 0.00268. The first-order valence-electron chi connectivity index (χ1n) is 8.14. The zero-order chi connectivity index (χ0) is 18.4. The number of aliphatic imine (C=N–C) groups is 1. The molecule has 9 heteroatoms. The largest absolute Gasteiger partial charge is 0.365 e. The lowest BCUT2D eigenvalue weighted by atomic mass is 10.2. The van der Waals surface area contributed by atoms with Crippen LogP contribution in [0.5, 0.6) is 0 Å². The van der Waals surface area contributed by atoms with Gasteiger partial charge in [0.1, 0.15) is 27.2 Å². The molecule has 2 rings (SSSR count). The number of nitrogens with zero attached hydrogens (tertiary/aromatic N) is 2. The molecular formula is C16H24F2N4O2S. The van der Waals surface area contributed by atoms with Gasteiger partial charge in [-0.15, -0.1) is 0 Å². The maximum Gasteiger partial charge on any atom is 0.191 e. The summed E-state index contributed by atoms with van der Waals surface area (Å²) in [5, 5.41) is 6.26. The molecule has 140 valence electrons. The van der Waals surface area contributed by atoms with Gasteiger partial charge in [-0.3, -0.25) is 4.99 Å². The van der Waals surface area contributed by atoms with Gasteiger partial charge in [-0.2, -0.15) is 0 Å². The molecule has 0 bridgehead atoms. The minimum absolute atomic E-state index is 0.000105. The second kappa shape index (κ2) is 8.46. The molecule has 0 saturated carbocycles. The Balaban J connectivity index is 1.85. The minimum Gasteiger partial charge on any atom is -0.365 e. The second-order valence-electron chi connectivity index (χ2n) is 6.13. The van der Waals surface area contributed by atoms with Crippen molar-refractivity contribution in [3.63, 3.8) is 0 Å². The average molecular weight is 374 g/mol. The molecule has 1 saturated heterocycles. The number of rotatable bonds is 6. The van der Waals surface area contributed by atoms with Crippen molar-refractivity contribution in [1.82, 2.24) is 10.6 Å². The maximum atomic E-state index is 13.9. The highest BCUT2D eigenvalue weighted by Crippen LogP contribution is 2.26. The van der Waals surface area contributed by atoms with E-state index in [0.29, 0.717) is 32.0 Å². The first-order chi connectivity index (χ1) is 11.8. The summed E-state index contributed by atoms with van der Waals surface area (Å²) in [5.74, 6) is -0.469. The second-order valence-corrected chi connectivity index (χ2v) is 8.39. The third-order valence-electron chi connectivity index (χ3n) is 3.99. The van der Waals surface area contributed by atoms with Crippen molar-refractivity contribution in [2.24, 2.45) is 4.99 Å². The van der Waals surface area contributed by atoms with Gasteiger partial charge in [0.15, 0.2) is 5.96 Å². The summed E-state index contributed by atoms with van der Waals surface area (Å²) < 4.78 is 50.0. The van der Waals surface area contributed by atoms with E-state index in [1.54, 1.807) is 11.9 Å². The molecule has 1 aromatic carbocycles. The zero-order valence-corrected chi connectivity index (χ0v) is 15.2. The molecule has 1 heterocycles. The molecule has 1 fully saturated rings. The van der Waals surface area contributed by atoms with E-state index in [2.05, 4.69) is 15.6 Å². The Morgan fingerprint density at radius 3 is 2.64 bits per heavy atom. The highest BCUT2D eigenvalue weighted by atomic mass is 32.2. The Kier molecular flexibility index (Phi) is 6.57. The number of hydrogen-bond acceptors (Lipinski definition) is 4. The Hall–Kier alpha value is -1.90. The lowest BCUT2D eigenvalue weighted by Crippen LogP contribution is -2.45. The third kappa shape index (κ3) is 5.84. The van der Waals surface area contributed by atoms with Crippen LogP contribution in [0.4, 0.5) is 14.5 Å². The molecule has 1 unspecified atom stereocenters. The number of guanidine groups is 1. The lowest BCUT2D eigenvalue weighted by Gasteiger charge is -2.21. The van der Waals surface area contributed by atoms with Crippen LogP contribution in [-0.2, 0) is 9.84 Å². The van der Waals surface area contributed by atoms with E-state index in [9.17, 15) is 17.2 Å². The Bertz CT molecular complexity index is 705. The fourth-order valence-corrected chi connectivity index (χ4v) is 3.47. The molecular weight excluding hydrogens is 350 g/mol. The number of para-hydroxylation sites is 1. The van der Waals surface area contributed by atoms with Crippen LogP contribution in [0.25, 0.3) is 0 Å². The van der Waals surface area contributed by atoms with Gasteiger partial charge in [0.25, 0.3) is 0 Å². The van der Waals surface area contributed by atoms with Gasteiger partial charge in [-0.1, -0.05) is 6.07 Å². The van der Waals surface area contributed by atoms with Crippen molar-refractivity contribution in [2.75, 3.05) is 43.6 Å². The number of halogens is 2. The van der Waals surface area contributed by atoms with Crippen LogP contribution in [0.3, 0.4) is 0 Å². The molecule has 0 radical (unpaired) electrons. The molecule has 2 N–H and O–H groups in total. The SMILES string of the molecule is CN=C(NCCCS(C)(=O)=O)NC1CCN(c2c(F)cccc2F)C1. The molecule has 25 heavy (non-hydrogen) atoms. The van der Waals surface area contributed by atoms with Crippen molar-refractivity contribution in [3.05, 3.63) is 29.8 Å². The van der Waals surface area contributed by atoms with E-state index in [1.165, 1.54) is 24.5 Å². The van der Waals surface area contributed by atoms with Crippen LogP contribution in [0.1, 0.15) is 12.8 Å². The van der Waals surface area contributed by atoms with Crippen molar-refractivity contribution in [3.8, 4) is 0 Å². The number of benzene rings is 1. The standard InChI is InChI=1S/C16H24F2N4O2S/c1-19-16(20-8-4-10-25(2,23)24)21-12-7-9-22(11-12)15-13(17)5-3-6-14(15)18/h3,5-6,12H,4,7-11H2,1-2H3,(H2,19,20,21). The van der Waals surface area contributed by atoms with Crippen LogP contribution < -0.4 is 15.5 Å². The van der Waals surface area contributed by atoms with E-state index < -0.39 is 21.5 Å². The van der Waals surface area contributed by atoms with Gasteiger partial charge < -0.3 is 15.5 Å². The lowest BCUT2D eigenvalue weighted by molar-refractivity contribution is 0.575. The molecule has 6 nitrogen and oxygen atoms in total. The first kappa shape index (κ1) is 19.4. The predicted octanol–water partition coefficient (Wildman–Crippen LogP) is 1.14. The number of nitrogens with one attached hydrogen (secondary N) is 2. The Morgan fingerprint density at radius 1 is 1.36 bits per heavy atom. The van der Waals surface area contributed by atoms with Gasteiger partial charge in [-0.05, 0) is 25.0 Å². The summed E-state index contributed by atoms with van der Waals surface area (Å²) in [4.78, 5) is 5.78. The van der Waals surface area contributed by atoms with Crippen molar-refractivity contribution < 1.29 is 17.2 Å². The topological polar surface area (TPSA) is 73.8 Å². The van der Waals surface area contributed by atoms with E-state index in [1.807, 2.05) is 0 Å². The van der Waals surface area contributed by atoms with Crippen molar-refractivity contribution in [1.29, 1.82) is 0 Å². The summed E-state index contributed by atoms with van der Waals surface area (Å²) in [7, 11) is -1.36. The molecule has 0 aliphatic carbocycles. The number of anilines is 1. The van der Waals surface area contributed by atoms with E-state index in [-0.39, 0.29) is 17.5 Å². The fraction of sp³-hybridized carbons (Fsp3) is 0.562. The summed E-state index contributed by atoms with van der Waals surface area (Å²) in [6.07, 6.45) is 2.41. The fourth-order valence-electron chi connectivity index (χ4n) is 2.80. The predicted molar refractivity (Wildman–Crippen MR) is 95.8 cm³/mol. The van der Waals surface area contributed by atoms with E-state index in [4.69, 9.17) is 0 Å². The number of sulfone groups is 1. The maximum absolute atomic E-state index is 13.9. The van der Waals surface area contributed by atoms with Crippen LogP contribution in [0.15, 0.2) is 23.2 Å².